The number of benzene rings is 1. The highest BCUT2D eigenvalue weighted by Gasteiger charge is 2.46. The van der Waals surface area contributed by atoms with E-state index < -0.39 is 36.7 Å². The van der Waals surface area contributed by atoms with Crippen molar-refractivity contribution in [3.63, 3.8) is 0 Å². The van der Waals surface area contributed by atoms with E-state index in [0.29, 0.717) is 13.0 Å². The lowest BCUT2D eigenvalue weighted by Gasteiger charge is -2.42. The van der Waals surface area contributed by atoms with Crippen molar-refractivity contribution in [2.45, 2.75) is 51.2 Å². The Morgan fingerprint density at radius 2 is 1.96 bits per heavy atom. The van der Waals surface area contributed by atoms with E-state index >= 15 is 0 Å². The second-order valence-corrected chi connectivity index (χ2v) is 5.70. The minimum Gasteiger partial charge on any atom is -0.454 e. The van der Waals surface area contributed by atoms with Crippen molar-refractivity contribution >= 4 is 15.2 Å². The Labute approximate surface area is 138 Å². The number of hydrogen-bond acceptors (Lipinski definition) is 6. The average Bonchev–Trinajstić information content (AvgIpc) is 2.52. The lowest BCUT2D eigenvalue weighted by atomic mass is 9.99. The minimum absolute atomic E-state index is 0.303. The molecule has 0 saturated carbocycles. The van der Waals surface area contributed by atoms with Crippen LogP contribution in [-0.4, -0.2) is 48.1 Å². The van der Waals surface area contributed by atoms with Crippen LogP contribution < -0.4 is 0 Å². The van der Waals surface area contributed by atoms with Crippen molar-refractivity contribution in [3.8, 4) is 0 Å². The monoisotopic (exact) mass is 342 g/mol. The van der Waals surface area contributed by atoms with E-state index in [9.17, 15) is 9.90 Å². The standard InChI is InChI=1S/C16H23O6P/c1-10-14(19-8-12-6-4-3-5-7-12)13(18)15(22-11(2)17)16(21-10)20-9-23/h3-7,10,13-16,18H,8-9,23H2,1-2H3/t10?,13-,14-,15?,16+/m0/s1. The van der Waals surface area contributed by atoms with E-state index in [2.05, 4.69) is 9.24 Å². The van der Waals surface area contributed by atoms with Crippen molar-refractivity contribution in [1.29, 1.82) is 0 Å². The first-order valence-corrected chi connectivity index (χ1v) is 8.32. The highest BCUT2D eigenvalue weighted by Crippen LogP contribution is 2.27. The zero-order chi connectivity index (χ0) is 16.8. The van der Waals surface area contributed by atoms with Crippen molar-refractivity contribution in [2.75, 3.05) is 6.35 Å². The molecule has 0 amide bonds. The van der Waals surface area contributed by atoms with Gasteiger partial charge in [-0.1, -0.05) is 30.3 Å². The molecule has 1 heterocycles. The van der Waals surface area contributed by atoms with Gasteiger partial charge < -0.3 is 24.1 Å². The molecule has 2 rings (SSSR count). The maximum Gasteiger partial charge on any atom is 0.303 e. The fourth-order valence-electron chi connectivity index (χ4n) is 2.54. The molecule has 6 nitrogen and oxygen atoms in total. The number of hydrogen-bond donors (Lipinski definition) is 1. The molecule has 0 spiro atoms. The lowest BCUT2D eigenvalue weighted by Crippen LogP contribution is -2.59. The molecule has 23 heavy (non-hydrogen) atoms. The molecule has 6 atom stereocenters. The molecule has 1 fully saturated rings. The summed E-state index contributed by atoms with van der Waals surface area (Å²) in [7, 11) is 2.40. The molecule has 1 aromatic rings. The number of aliphatic hydroxyl groups is 1. The van der Waals surface area contributed by atoms with Gasteiger partial charge in [0.1, 0.15) is 12.2 Å². The van der Waals surface area contributed by atoms with Gasteiger partial charge in [0.15, 0.2) is 12.4 Å². The summed E-state index contributed by atoms with van der Waals surface area (Å²) >= 11 is 0. The summed E-state index contributed by atoms with van der Waals surface area (Å²) in [5.74, 6) is -0.508. The normalized spacial score (nSPS) is 30.9. The maximum atomic E-state index is 11.3. The van der Waals surface area contributed by atoms with Gasteiger partial charge in [-0.3, -0.25) is 4.79 Å². The Morgan fingerprint density at radius 3 is 2.57 bits per heavy atom. The number of ether oxygens (including phenoxy) is 4. The summed E-state index contributed by atoms with van der Waals surface area (Å²) in [5.41, 5.74) is 0.985. The molecular formula is C16H23O6P. The third-order valence-corrected chi connectivity index (χ3v) is 3.79. The second kappa shape index (κ2) is 8.71. The first-order chi connectivity index (χ1) is 11.0. The fraction of sp³-hybridized carbons (Fsp3) is 0.562. The first kappa shape index (κ1) is 18.3. The minimum atomic E-state index is -1.03. The Hall–Kier alpha value is -1.04. The van der Waals surface area contributed by atoms with Gasteiger partial charge >= 0.3 is 5.97 Å². The highest BCUT2D eigenvalue weighted by molar-refractivity contribution is 7.16. The van der Waals surface area contributed by atoms with E-state index in [1.165, 1.54) is 6.92 Å². The van der Waals surface area contributed by atoms with Crippen molar-refractivity contribution < 1.29 is 28.8 Å². The summed E-state index contributed by atoms with van der Waals surface area (Å²) < 4.78 is 22.1. The molecule has 0 bridgehead atoms. The van der Waals surface area contributed by atoms with Crippen LogP contribution in [0.2, 0.25) is 0 Å². The van der Waals surface area contributed by atoms with Gasteiger partial charge in [-0.05, 0) is 12.5 Å². The largest absolute Gasteiger partial charge is 0.454 e. The highest BCUT2D eigenvalue weighted by atomic mass is 31.0. The summed E-state index contributed by atoms with van der Waals surface area (Å²) in [5, 5.41) is 10.6. The molecular weight excluding hydrogens is 319 g/mol. The van der Waals surface area contributed by atoms with Gasteiger partial charge in [0.25, 0.3) is 0 Å². The van der Waals surface area contributed by atoms with Gasteiger partial charge in [-0.15, -0.1) is 9.24 Å². The number of carbonyl (C=O) groups excluding carboxylic acids is 1. The Kier molecular flexibility index (Phi) is 6.93. The summed E-state index contributed by atoms with van der Waals surface area (Å²) in [6, 6.07) is 9.63. The van der Waals surface area contributed by atoms with Gasteiger partial charge in [-0.2, -0.15) is 0 Å². The molecule has 0 radical (unpaired) electrons. The molecule has 1 aliphatic rings. The zero-order valence-electron chi connectivity index (χ0n) is 13.3. The predicted molar refractivity (Wildman–Crippen MR) is 86.6 cm³/mol. The smallest absolute Gasteiger partial charge is 0.303 e. The number of carbonyl (C=O) groups is 1. The predicted octanol–water partition coefficient (Wildman–Crippen LogP) is 1.46. The summed E-state index contributed by atoms with van der Waals surface area (Å²) in [6.45, 7) is 3.41. The molecule has 7 heteroatoms. The van der Waals surface area contributed by atoms with Crippen LogP contribution in [0.25, 0.3) is 0 Å². The van der Waals surface area contributed by atoms with Crippen LogP contribution in [0.15, 0.2) is 30.3 Å². The lowest BCUT2D eigenvalue weighted by molar-refractivity contribution is -0.299. The summed E-state index contributed by atoms with van der Waals surface area (Å²) in [4.78, 5) is 11.3. The Bertz CT molecular complexity index is 497. The number of esters is 1. The van der Waals surface area contributed by atoms with Crippen molar-refractivity contribution in [2.24, 2.45) is 0 Å². The van der Waals surface area contributed by atoms with Gasteiger partial charge in [0.2, 0.25) is 0 Å². The van der Waals surface area contributed by atoms with Crippen molar-refractivity contribution in [1.82, 2.24) is 0 Å². The molecule has 1 N–H and O–H groups in total. The van der Waals surface area contributed by atoms with Crippen LogP contribution in [0, 0.1) is 0 Å². The molecule has 1 aliphatic heterocycles. The maximum absolute atomic E-state index is 11.3. The van der Waals surface area contributed by atoms with E-state index in [1.807, 2.05) is 30.3 Å². The van der Waals surface area contributed by atoms with Crippen LogP contribution >= 0.6 is 9.24 Å². The van der Waals surface area contributed by atoms with Gasteiger partial charge in [0, 0.05) is 6.92 Å². The Morgan fingerprint density at radius 1 is 1.26 bits per heavy atom. The summed E-state index contributed by atoms with van der Waals surface area (Å²) in [6.07, 6.45) is -3.50. The quantitative estimate of drug-likeness (QED) is 0.623. The van der Waals surface area contributed by atoms with E-state index in [4.69, 9.17) is 18.9 Å². The van der Waals surface area contributed by atoms with E-state index in [-0.39, 0.29) is 0 Å². The molecule has 3 unspecified atom stereocenters. The molecule has 128 valence electrons. The fourth-order valence-corrected chi connectivity index (χ4v) is 2.73. The molecule has 0 aliphatic carbocycles. The molecule has 1 saturated heterocycles. The topological polar surface area (TPSA) is 74.2 Å². The zero-order valence-corrected chi connectivity index (χ0v) is 14.4. The second-order valence-electron chi connectivity index (χ2n) is 5.37. The SMILES string of the molecule is CC(=O)OC1[C@H](OCP)OC(C)[C@H](OCc2ccccc2)[C@@H]1O. The van der Waals surface area contributed by atoms with Gasteiger partial charge in [-0.25, -0.2) is 0 Å². The third kappa shape index (κ3) is 4.96. The first-order valence-electron chi connectivity index (χ1n) is 7.51. The molecule has 0 aromatic heterocycles. The number of aliphatic hydroxyl groups excluding tert-OH is 1. The van der Waals surface area contributed by atoms with Crippen LogP contribution in [0.1, 0.15) is 19.4 Å². The van der Waals surface area contributed by atoms with Gasteiger partial charge in [0.05, 0.1) is 19.1 Å². The molecule has 1 aromatic carbocycles. The van der Waals surface area contributed by atoms with Crippen LogP contribution in [0.3, 0.4) is 0 Å². The average molecular weight is 342 g/mol. The third-order valence-electron chi connectivity index (χ3n) is 3.60. The van der Waals surface area contributed by atoms with E-state index in [0.717, 1.165) is 5.56 Å². The Balaban J connectivity index is 2.05. The van der Waals surface area contributed by atoms with Crippen LogP contribution in [-0.2, 0) is 30.3 Å². The number of rotatable bonds is 6. The van der Waals surface area contributed by atoms with E-state index in [1.54, 1.807) is 6.92 Å². The van der Waals surface area contributed by atoms with Crippen LogP contribution in [0.5, 0.6) is 0 Å². The van der Waals surface area contributed by atoms with Crippen molar-refractivity contribution in [3.05, 3.63) is 35.9 Å². The van der Waals surface area contributed by atoms with Crippen LogP contribution in [0.4, 0.5) is 0 Å².